The molecule has 0 bridgehead atoms. The Morgan fingerprint density at radius 2 is 1.79 bits per heavy atom. The van der Waals surface area contributed by atoms with E-state index in [9.17, 15) is 14.7 Å². The second kappa shape index (κ2) is 8.07. The van der Waals surface area contributed by atoms with Gasteiger partial charge in [-0.1, -0.05) is 65.8 Å². The van der Waals surface area contributed by atoms with Crippen LogP contribution in [0.15, 0.2) is 48.5 Å². The maximum atomic E-state index is 11.8. The second-order valence-electron chi connectivity index (χ2n) is 5.00. The van der Waals surface area contributed by atoms with E-state index in [0.717, 1.165) is 11.1 Å². The van der Waals surface area contributed by atoms with E-state index in [-0.39, 0.29) is 0 Å². The van der Waals surface area contributed by atoms with Crippen LogP contribution < -0.4 is 0 Å². The van der Waals surface area contributed by atoms with Crippen molar-refractivity contribution in [2.24, 2.45) is 0 Å². The molecule has 0 aliphatic heterocycles. The van der Waals surface area contributed by atoms with Gasteiger partial charge in [0.05, 0.1) is 19.2 Å². The van der Waals surface area contributed by atoms with Gasteiger partial charge in [0.2, 0.25) is 0 Å². The van der Waals surface area contributed by atoms with Crippen LogP contribution in [0.1, 0.15) is 12.5 Å². The molecule has 0 spiro atoms. The number of hydrogen-bond donors (Lipinski definition) is 1. The fourth-order valence-corrected chi connectivity index (χ4v) is 4.29. The van der Waals surface area contributed by atoms with Crippen LogP contribution in [-0.2, 0) is 13.7 Å². The molecule has 2 aromatic rings. The molecular weight excluding hydrogens is 368 g/mol. The van der Waals surface area contributed by atoms with Gasteiger partial charge in [-0.2, -0.15) is 0 Å². The van der Waals surface area contributed by atoms with Gasteiger partial charge in [-0.15, -0.1) is 0 Å². The van der Waals surface area contributed by atoms with Crippen LogP contribution in [0.2, 0.25) is 5.02 Å². The molecule has 2 aromatic carbocycles. The van der Waals surface area contributed by atoms with Crippen LogP contribution in [0.4, 0.5) is 4.79 Å². The Kier molecular flexibility index (Phi) is 6.34. The molecule has 2 rings (SSSR count). The monoisotopic (exact) mass is 382 g/mol. The zero-order valence-corrected chi connectivity index (χ0v) is 15.4. The Morgan fingerprint density at radius 1 is 1.12 bits per heavy atom. The zero-order chi connectivity index (χ0) is 17.7. The molecule has 0 aliphatic carbocycles. The lowest BCUT2D eigenvalue weighted by molar-refractivity contribution is -0.139. The second-order valence-corrected chi connectivity index (χ2v) is 7.93. The molecule has 0 heterocycles. The van der Waals surface area contributed by atoms with Gasteiger partial charge in [-0.3, -0.25) is 9.59 Å². The largest absolute Gasteiger partial charge is 0.480 e. The molecule has 1 N–H and O–H groups in total. The number of carbonyl (C=O) groups excluding carboxylic acids is 1. The third-order valence-corrected chi connectivity index (χ3v) is 5.48. The van der Waals surface area contributed by atoms with Gasteiger partial charge in [0.15, 0.2) is 0 Å². The molecule has 24 heavy (non-hydrogen) atoms. The van der Waals surface area contributed by atoms with Crippen LogP contribution in [0.3, 0.4) is 0 Å². The maximum Gasteiger partial charge on any atom is 0.324 e. The van der Waals surface area contributed by atoms with Gasteiger partial charge >= 0.3 is 5.97 Å². The van der Waals surface area contributed by atoms with Crippen molar-refractivity contribution in [2.45, 2.75) is 11.7 Å². The Balaban J connectivity index is 2.41. The van der Waals surface area contributed by atoms with Crippen molar-refractivity contribution in [3.05, 3.63) is 59.1 Å². The summed E-state index contributed by atoms with van der Waals surface area (Å²) in [7, 11) is 1.35. The summed E-state index contributed by atoms with van der Waals surface area (Å²) in [6, 6.07) is 14.8. The molecule has 0 aliphatic rings. The first-order valence-corrected chi connectivity index (χ1v) is 8.84. The highest BCUT2D eigenvalue weighted by Crippen LogP contribution is 2.43. The lowest BCUT2D eigenvalue weighted by Gasteiger charge is -2.24. The van der Waals surface area contributed by atoms with Crippen LogP contribution >= 0.6 is 35.4 Å². The number of aliphatic carboxylic acids is 1. The highest BCUT2D eigenvalue weighted by Gasteiger charge is 2.40. The highest BCUT2D eigenvalue weighted by molar-refractivity contribution is 8.37. The average molecular weight is 383 g/mol. The summed E-state index contributed by atoms with van der Waals surface area (Å²) in [6.07, 6.45) is 0. The minimum absolute atomic E-state index is 0.295. The van der Waals surface area contributed by atoms with Crippen molar-refractivity contribution in [1.29, 1.82) is 0 Å². The van der Waals surface area contributed by atoms with Crippen LogP contribution in [-0.4, -0.2) is 22.6 Å². The summed E-state index contributed by atoms with van der Waals surface area (Å²) < 4.78 is 2.73. The number of carbonyl (C=O) groups is 2. The van der Waals surface area contributed by atoms with Gasteiger partial charge in [0, 0.05) is 5.02 Å². The van der Waals surface area contributed by atoms with Crippen molar-refractivity contribution in [3.63, 3.8) is 0 Å². The quantitative estimate of drug-likeness (QED) is 0.693. The molecule has 0 saturated heterocycles. The van der Waals surface area contributed by atoms with E-state index < -0.39 is 15.2 Å². The Bertz CT molecular complexity index is 752. The zero-order valence-electron chi connectivity index (χ0n) is 13.0. The predicted molar refractivity (Wildman–Crippen MR) is 99.5 cm³/mol. The first-order valence-electron chi connectivity index (χ1n) is 6.91. The van der Waals surface area contributed by atoms with E-state index in [0.29, 0.717) is 34.4 Å². The third kappa shape index (κ3) is 4.13. The molecule has 126 valence electrons. The van der Waals surface area contributed by atoms with Gasteiger partial charge in [-0.25, -0.2) is 0 Å². The molecule has 1 atom stereocenters. The van der Waals surface area contributed by atoms with E-state index in [1.165, 1.54) is 14.0 Å². The van der Waals surface area contributed by atoms with Crippen molar-refractivity contribution in [1.82, 2.24) is 0 Å². The van der Waals surface area contributed by atoms with Crippen LogP contribution in [0, 0.1) is 0 Å². The van der Waals surface area contributed by atoms with Gasteiger partial charge in [-0.05, 0) is 29.7 Å². The highest BCUT2D eigenvalue weighted by atomic mass is 35.5. The predicted octanol–water partition coefficient (Wildman–Crippen LogP) is 5.45. The molecule has 1 unspecified atom stereocenters. The molecule has 7 heteroatoms. The SMILES string of the molecule is COSC(=O)SC(C)(C(=O)O)c1ccc(-c2ccccc2)cc1Cl. The summed E-state index contributed by atoms with van der Waals surface area (Å²) in [6.45, 7) is 1.46. The lowest BCUT2D eigenvalue weighted by atomic mass is 9.96. The Hall–Kier alpha value is -1.47. The standard InChI is InChI=1S/C17H15ClO4S2/c1-17(15(19)20,23-16(21)24-22-2)13-9-8-12(10-14(13)18)11-6-4-3-5-7-11/h3-10H,1-2H3,(H,19,20). The topological polar surface area (TPSA) is 63.6 Å². The molecule has 0 amide bonds. The number of benzene rings is 2. The minimum Gasteiger partial charge on any atom is -0.480 e. The molecule has 0 aromatic heterocycles. The first kappa shape index (κ1) is 18.9. The van der Waals surface area contributed by atoms with Gasteiger partial charge < -0.3 is 9.29 Å². The molecule has 0 radical (unpaired) electrons. The Morgan fingerprint density at radius 3 is 2.33 bits per heavy atom. The molecule has 4 nitrogen and oxygen atoms in total. The van der Waals surface area contributed by atoms with E-state index >= 15 is 0 Å². The average Bonchev–Trinajstić information content (AvgIpc) is 2.55. The maximum absolute atomic E-state index is 11.8. The fourth-order valence-electron chi connectivity index (χ4n) is 2.18. The smallest absolute Gasteiger partial charge is 0.324 e. The van der Waals surface area contributed by atoms with Crippen LogP contribution in [0.5, 0.6) is 0 Å². The third-order valence-electron chi connectivity index (χ3n) is 3.44. The van der Waals surface area contributed by atoms with E-state index in [2.05, 4.69) is 0 Å². The summed E-state index contributed by atoms with van der Waals surface area (Å²) in [5.74, 6) is -1.15. The van der Waals surface area contributed by atoms with Crippen molar-refractivity contribution < 1.29 is 18.9 Å². The number of thioether (sulfide) groups is 1. The number of hydrogen-bond acceptors (Lipinski definition) is 5. The fraction of sp³-hybridized carbons (Fsp3) is 0.176. The van der Waals surface area contributed by atoms with Gasteiger partial charge in [0.1, 0.15) is 4.75 Å². The van der Waals surface area contributed by atoms with E-state index in [1.54, 1.807) is 18.2 Å². The summed E-state index contributed by atoms with van der Waals surface area (Å²) in [5, 5.41) is 9.93. The molecular formula is C17H15ClO4S2. The van der Waals surface area contributed by atoms with E-state index in [4.69, 9.17) is 15.8 Å². The lowest BCUT2D eigenvalue weighted by Crippen LogP contribution is -2.30. The first-order chi connectivity index (χ1) is 11.4. The summed E-state index contributed by atoms with van der Waals surface area (Å²) >= 11 is 7.60. The number of carboxylic acids is 1. The molecule has 0 fully saturated rings. The van der Waals surface area contributed by atoms with E-state index in [1.807, 2.05) is 30.3 Å². The number of halogens is 1. The van der Waals surface area contributed by atoms with Crippen molar-refractivity contribution >= 4 is 45.8 Å². The van der Waals surface area contributed by atoms with Crippen molar-refractivity contribution in [3.8, 4) is 11.1 Å². The normalized spacial score (nSPS) is 13.3. The molecule has 0 saturated carbocycles. The number of rotatable bonds is 5. The summed E-state index contributed by atoms with van der Waals surface area (Å²) in [4.78, 5) is 23.6. The van der Waals surface area contributed by atoms with Crippen molar-refractivity contribution in [2.75, 3.05) is 7.11 Å². The summed E-state index contributed by atoms with van der Waals surface area (Å²) in [5.41, 5.74) is 2.22. The van der Waals surface area contributed by atoms with Gasteiger partial charge in [0.25, 0.3) is 4.45 Å². The van der Waals surface area contributed by atoms with Crippen LogP contribution in [0.25, 0.3) is 11.1 Å². The minimum atomic E-state index is -1.51. The Labute approximate surface area is 153 Å². The number of carboxylic acid groups (broad SMARTS) is 1.